The molecule has 3 aliphatic rings. The minimum Gasteiger partial charge on any atom is -0.304 e. The third-order valence-corrected chi connectivity index (χ3v) is 8.63. The molecule has 4 nitrogen and oxygen atoms in total. The monoisotopic (exact) mass is 444 g/mol. The minimum atomic E-state index is -0.621. The molecule has 5 rings (SSSR count). The molecular formula is C29H36N2O2. The summed E-state index contributed by atoms with van der Waals surface area (Å²) in [7, 11) is 1.91. The molecule has 0 amide bonds. The van der Waals surface area contributed by atoms with E-state index < -0.39 is 11.1 Å². The third kappa shape index (κ3) is 3.50. The van der Waals surface area contributed by atoms with Crippen molar-refractivity contribution >= 4 is 11.6 Å². The van der Waals surface area contributed by atoms with E-state index in [1.807, 2.05) is 13.1 Å². The number of carbonyl (C=O) groups excluding carboxylic acids is 2. The van der Waals surface area contributed by atoms with Gasteiger partial charge in [-0.1, -0.05) is 55.0 Å². The number of rotatable bonds is 5. The summed E-state index contributed by atoms with van der Waals surface area (Å²) in [5.74, 6) is 0.486. The first-order valence-corrected chi connectivity index (χ1v) is 12.7. The standard InChI is InChI=1S/C29H36N2O2/c1-21-14-15-22(20-25(21)28(30-2)16-7-6-13-26(28)32)24-12-8-17-29(27(24)33,31-18-9-19-31)23-10-4-3-5-11-23/h3-5,10-11,14-15,20,24,30H,6-9,12-13,16-19H2,1-2H3. The highest BCUT2D eigenvalue weighted by Crippen LogP contribution is 2.47. The van der Waals surface area contributed by atoms with Gasteiger partial charge < -0.3 is 5.32 Å². The molecule has 2 saturated carbocycles. The van der Waals surface area contributed by atoms with Crippen molar-refractivity contribution in [3.8, 4) is 0 Å². The smallest absolute Gasteiger partial charge is 0.165 e. The maximum Gasteiger partial charge on any atom is 0.165 e. The van der Waals surface area contributed by atoms with Gasteiger partial charge >= 0.3 is 0 Å². The van der Waals surface area contributed by atoms with Crippen molar-refractivity contribution in [3.63, 3.8) is 0 Å². The van der Waals surface area contributed by atoms with Gasteiger partial charge in [-0.15, -0.1) is 0 Å². The van der Waals surface area contributed by atoms with Gasteiger partial charge in [0.2, 0.25) is 0 Å². The van der Waals surface area contributed by atoms with E-state index >= 15 is 0 Å². The van der Waals surface area contributed by atoms with E-state index in [1.165, 1.54) is 0 Å². The van der Waals surface area contributed by atoms with Gasteiger partial charge in [-0.05, 0) is 74.8 Å². The molecule has 0 bridgehead atoms. The summed E-state index contributed by atoms with van der Waals surface area (Å²) in [6.07, 6.45) is 7.43. The van der Waals surface area contributed by atoms with Crippen molar-refractivity contribution in [2.24, 2.45) is 0 Å². The van der Waals surface area contributed by atoms with Crippen LogP contribution in [0.15, 0.2) is 48.5 Å². The van der Waals surface area contributed by atoms with Gasteiger partial charge in [0, 0.05) is 25.4 Å². The van der Waals surface area contributed by atoms with E-state index in [2.05, 4.69) is 59.6 Å². The largest absolute Gasteiger partial charge is 0.304 e. The van der Waals surface area contributed by atoms with Crippen molar-refractivity contribution in [1.82, 2.24) is 10.2 Å². The highest BCUT2D eigenvalue weighted by Gasteiger charge is 2.52. The third-order valence-electron chi connectivity index (χ3n) is 8.63. The Kier molecular flexibility index (Phi) is 6.00. The second-order valence-corrected chi connectivity index (χ2v) is 10.2. The zero-order valence-corrected chi connectivity index (χ0v) is 20.0. The van der Waals surface area contributed by atoms with E-state index in [9.17, 15) is 9.59 Å². The zero-order chi connectivity index (χ0) is 23.1. The molecular weight excluding hydrogens is 408 g/mol. The lowest BCUT2D eigenvalue weighted by Crippen LogP contribution is -2.60. The Balaban J connectivity index is 1.57. The predicted molar refractivity (Wildman–Crippen MR) is 131 cm³/mol. The molecule has 33 heavy (non-hydrogen) atoms. The summed E-state index contributed by atoms with van der Waals surface area (Å²) in [5.41, 5.74) is 3.28. The Labute approximate surface area is 197 Å². The van der Waals surface area contributed by atoms with E-state index in [-0.39, 0.29) is 11.7 Å². The summed E-state index contributed by atoms with van der Waals surface area (Å²) in [6.45, 7) is 4.07. The summed E-state index contributed by atoms with van der Waals surface area (Å²) in [6, 6.07) is 16.9. The topological polar surface area (TPSA) is 49.4 Å². The van der Waals surface area contributed by atoms with Crippen molar-refractivity contribution in [2.75, 3.05) is 20.1 Å². The number of nitrogens with one attached hydrogen (secondary N) is 1. The van der Waals surface area contributed by atoms with Gasteiger partial charge in [-0.25, -0.2) is 0 Å². The zero-order valence-electron chi connectivity index (χ0n) is 20.0. The second kappa shape index (κ2) is 8.81. The van der Waals surface area contributed by atoms with Gasteiger partial charge in [0.15, 0.2) is 11.6 Å². The lowest BCUT2D eigenvalue weighted by Gasteiger charge is -2.51. The summed E-state index contributed by atoms with van der Waals surface area (Å²) < 4.78 is 0. The van der Waals surface area contributed by atoms with E-state index in [0.717, 1.165) is 80.3 Å². The first-order valence-electron chi connectivity index (χ1n) is 12.7. The quantitative estimate of drug-likeness (QED) is 0.706. The second-order valence-electron chi connectivity index (χ2n) is 10.2. The Morgan fingerprint density at radius 2 is 1.73 bits per heavy atom. The molecule has 1 aliphatic heterocycles. The Morgan fingerprint density at radius 1 is 0.939 bits per heavy atom. The van der Waals surface area contributed by atoms with E-state index in [4.69, 9.17) is 0 Å². The van der Waals surface area contributed by atoms with Crippen LogP contribution in [0.4, 0.5) is 0 Å². The molecule has 3 unspecified atom stereocenters. The van der Waals surface area contributed by atoms with E-state index in [0.29, 0.717) is 12.2 Å². The van der Waals surface area contributed by atoms with Crippen LogP contribution >= 0.6 is 0 Å². The lowest BCUT2D eigenvalue weighted by atomic mass is 9.66. The van der Waals surface area contributed by atoms with Gasteiger partial charge in [0.25, 0.3) is 0 Å². The SMILES string of the molecule is CNC1(c2cc(C3CCCC(c4ccccc4)(N4CCC4)C3=O)ccc2C)CCCCC1=O. The van der Waals surface area contributed by atoms with Crippen molar-refractivity contribution in [2.45, 2.75) is 75.3 Å². The van der Waals surface area contributed by atoms with Crippen LogP contribution in [0, 0.1) is 6.92 Å². The first-order chi connectivity index (χ1) is 16.0. The van der Waals surface area contributed by atoms with Crippen LogP contribution < -0.4 is 5.32 Å². The fraction of sp³-hybridized carbons (Fsp3) is 0.517. The Hall–Kier alpha value is -2.30. The number of hydrogen-bond donors (Lipinski definition) is 1. The van der Waals surface area contributed by atoms with Gasteiger partial charge in [-0.3, -0.25) is 14.5 Å². The molecule has 174 valence electrons. The molecule has 3 fully saturated rings. The molecule has 3 atom stereocenters. The van der Waals surface area contributed by atoms with Crippen LogP contribution in [0.25, 0.3) is 0 Å². The predicted octanol–water partition coefficient (Wildman–Crippen LogP) is 4.99. The maximum absolute atomic E-state index is 14.3. The van der Waals surface area contributed by atoms with E-state index in [1.54, 1.807) is 0 Å². The molecule has 0 radical (unpaired) electrons. The molecule has 2 aliphatic carbocycles. The molecule has 2 aromatic rings. The Bertz CT molecular complexity index is 1040. The molecule has 4 heteroatoms. The number of ketones is 2. The van der Waals surface area contributed by atoms with Crippen molar-refractivity contribution in [3.05, 3.63) is 70.8 Å². The van der Waals surface area contributed by atoms with Crippen molar-refractivity contribution < 1.29 is 9.59 Å². The number of hydrogen-bond acceptors (Lipinski definition) is 4. The highest BCUT2D eigenvalue weighted by atomic mass is 16.1. The number of Topliss-reactive ketones (excluding diaryl/α,β-unsaturated/α-hetero) is 2. The summed E-state index contributed by atoms with van der Waals surface area (Å²) in [4.78, 5) is 29.9. The van der Waals surface area contributed by atoms with Gasteiger partial charge in [-0.2, -0.15) is 0 Å². The molecule has 0 spiro atoms. The summed E-state index contributed by atoms with van der Waals surface area (Å²) in [5, 5.41) is 3.40. The average molecular weight is 445 g/mol. The maximum atomic E-state index is 14.3. The van der Waals surface area contributed by atoms with Gasteiger partial charge in [0.05, 0.1) is 0 Å². The van der Waals surface area contributed by atoms with Crippen LogP contribution in [0.1, 0.15) is 79.5 Å². The fourth-order valence-electron chi connectivity index (χ4n) is 6.65. The lowest BCUT2D eigenvalue weighted by molar-refractivity contribution is -0.140. The Morgan fingerprint density at radius 3 is 2.39 bits per heavy atom. The van der Waals surface area contributed by atoms with Gasteiger partial charge in [0.1, 0.15) is 11.1 Å². The van der Waals surface area contributed by atoms with Crippen LogP contribution in [0.5, 0.6) is 0 Å². The minimum absolute atomic E-state index is 0.133. The molecule has 2 aromatic carbocycles. The van der Waals surface area contributed by atoms with Crippen LogP contribution in [-0.2, 0) is 20.7 Å². The fourth-order valence-corrected chi connectivity index (χ4v) is 6.65. The number of nitrogens with zero attached hydrogens (tertiary/aromatic N) is 1. The first kappa shape index (κ1) is 22.5. The number of likely N-dealkylation sites (N-methyl/N-ethyl adjacent to an activating group) is 1. The molecule has 1 saturated heterocycles. The van der Waals surface area contributed by atoms with Crippen molar-refractivity contribution in [1.29, 1.82) is 0 Å². The number of benzene rings is 2. The van der Waals surface area contributed by atoms with Crippen LogP contribution in [0.3, 0.4) is 0 Å². The normalized spacial score (nSPS) is 30.8. The van der Waals surface area contributed by atoms with Crippen LogP contribution in [0.2, 0.25) is 0 Å². The molecule has 1 heterocycles. The highest BCUT2D eigenvalue weighted by molar-refractivity contribution is 5.96. The average Bonchev–Trinajstić information content (AvgIpc) is 2.81. The molecule has 0 aromatic heterocycles. The number of aryl methyl sites for hydroxylation is 1. The number of carbonyl (C=O) groups is 2. The summed E-state index contributed by atoms with van der Waals surface area (Å²) >= 11 is 0. The number of likely N-dealkylation sites (tertiary alicyclic amines) is 1. The van der Waals surface area contributed by atoms with Crippen LogP contribution in [-0.4, -0.2) is 36.6 Å². The molecule has 1 N–H and O–H groups in total.